The van der Waals surface area contributed by atoms with E-state index < -0.39 is 11.5 Å². The number of hydrogen-bond donors (Lipinski definition) is 2. The lowest BCUT2D eigenvalue weighted by molar-refractivity contribution is -0.145. The Labute approximate surface area is 129 Å². The monoisotopic (exact) mass is 300 g/mol. The maximum absolute atomic E-state index is 11.5. The number of carbonyl (C=O) groups is 1. The van der Waals surface area contributed by atoms with E-state index in [2.05, 4.69) is 41.0 Å². The molecule has 0 aliphatic carbocycles. The van der Waals surface area contributed by atoms with Gasteiger partial charge in [-0.3, -0.25) is 14.6 Å². The molecule has 21 heavy (non-hydrogen) atoms. The average Bonchev–Trinajstić information content (AvgIpc) is 2.44. The molecule has 0 spiro atoms. The van der Waals surface area contributed by atoms with Crippen LogP contribution < -0.4 is 5.32 Å². The van der Waals surface area contributed by atoms with Gasteiger partial charge in [0.2, 0.25) is 0 Å². The third-order valence-electron chi connectivity index (χ3n) is 4.11. The molecule has 6 heteroatoms. The predicted octanol–water partition coefficient (Wildman–Crippen LogP) is 0.00850. The maximum Gasteiger partial charge on any atom is 0.324 e. The molecule has 0 amide bonds. The minimum Gasteiger partial charge on any atom is -0.480 e. The molecule has 0 aromatic heterocycles. The van der Waals surface area contributed by atoms with Crippen LogP contribution in [0.15, 0.2) is 0 Å². The zero-order chi connectivity index (χ0) is 15.9. The van der Waals surface area contributed by atoms with Crippen molar-refractivity contribution < 1.29 is 9.90 Å². The van der Waals surface area contributed by atoms with Gasteiger partial charge in [0, 0.05) is 45.8 Å². The van der Waals surface area contributed by atoms with Crippen LogP contribution in [0.5, 0.6) is 0 Å². The van der Waals surface area contributed by atoms with Crippen molar-refractivity contribution in [2.75, 3.05) is 66.5 Å². The molecule has 1 atom stereocenters. The van der Waals surface area contributed by atoms with Gasteiger partial charge in [-0.25, -0.2) is 0 Å². The van der Waals surface area contributed by atoms with E-state index >= 15 is 0 Å². The number of aliphatic carboxylic acids is 1. The summed E-state index contributed by atoms with van der Waals surface area (Å²) < 4.78 is 0. The zero-order valence-corrected chi connectivity index (χ0v) is 14.1. The van der Waals surface area contributed by atoms with Gasteiger partial charge in [-0.15, -0.1) is 0 Å². The van der Waals surface area contributed by atoms with Gasteiger partial charge < -0.3 is 15.3 Å². The minimum absolute atomic E-state index is 0.573. The van der Waals surface area contributed by atoms with Crippen LogP contribution in [0.2, 0.25) is 0 Å². The first kappa shape index (κ1) is 18.4. The van der Waals surface area contributed by atoms with Crippen molar-refractivity contribution in [3.8, 4) is 0 Å². The van der Waals surface area contributed by atoms with Crippen LogP contribution in [0.3, 0.4) is 0 Å². The topological polar surface area (TPSA) is 59.0 Å². The molecule has 124 valence electrons. The molecule has 1 aliphatic heterocycles. The maximum atomic E-state index is 11.5. The number of likely N-dealkylation sites (N-methyl/N-ethyl adjacent to an activating group) is 1. The summed E-state index contributed by atoms with van der Waals surface area (Å²) in [5.74, 6) is -0.758. The summed E-state index contributed by atoms with van der Waals surface area (Å²) in [6.45, 7) is 11.3. The van der Waals surface area contributed by atoms with Crippen LogP contribution in [0.25, 0.3) is 0 Å². The van der Waals surface area contributed by atoms with Crippen molar-refractivity contribution in [2.45, 2.75) is 25.8 Å². The zero-order valence-electron chi connectivity index (χ0n) is 14.1. The highest BCUT2D eigenvalue weighted by Crippen LogP contribution is 2.10. The normalized spacial score (nSPS) is 20.6. The fourth-order valence-electron chi connectivity index (χ4n) is 2.56. The number of rotatable bonds is 9. The lowest BCUT2D eigenvalue weighted by Crippen LogP contribution is -2.60. The van der Waals surface area contributed by atoms with Crippen LogP contribution in [-0.2, 0) is 4.79 Å². The second kappa shape index (κ2) is 8.68. The number of carboxylic acid groups (broad SMARTS) is 1. The molecule has 0 saturated carbocycles. The van der Waals surface area contributed by atoms with Crippen molar-refractivity contribution in [1.82, 2.24) is 20.0 Å². The Balaban J connectivity index is 2.40. The van der Waals surface area contributed by atoms with Crippen LogP contribution in [0.1, 0.15) is 20.3 Å². The molecule has 0 aromatic carbocycles. The summed E-state index contributed by atoms with van der Waals surface area (Å²) in [6.07, 6.45) is 0.946. The van der Waals surface area contributed by atoms with Gasteiger partial charge in [0.15, 0.2) is 0 Å². The van der Waals surface area contributed by atoms with E-state index in [1.165, 1.54) is 0 Å². The lowest BCUT2D eigenvalue weighted by Gasteiger charge is -2.39. The van der Waals surface area contributed by atoms with Crippen molar-refractivity contribution in [3.05, 3.63) is 0 Å². The summed E-state index contributed by atoms with van der Waals surface area (Å²) in [5, 5.41) is 12.7. The molecular weight excluding hydrogens is 268 g/mol. The second-order valence-electron chi connectivity index (χ2n) is 6.49. The van der Waals surface area contributed by atoms with Gasteiger partial charge >= 0.3 is 5.97 Å². The Kier molecular flexibility index (Phi) is 7.59. The number of hydrogen-bond acceptors (Lipinski definition) is 5. The second-order valence-corrected chi connectivity index (χ2v) is 6.49. The first-order chi connectivity index (χ1) is 9.87. The van der Waals surface area contributed by atoms with E-state index in [9.17, 15) is 9.90 Å². The molecule has 6 nitrogen and oxygen atoms in total. The van der Waals surface area contributed by atoms with E-state index in [-0.39, 0.29) is 0 Å². The molecule has 1 unspecified atom stereocenters. The first-order valence-electron chi connectivity index (χ1n) is 7.95. The molecule has 1 saturated heterocycles. The van der Waals surface area contributed by atoms with Gasteiger partial charge in [0.25, 0.3) is 0 Å². The molecule has 0 bridgehead atoms. The Morgan fingerprint density at radius 3 is 2.29 bits per heavy atom. The summed E-state index contributed by atoms with van der Waals surface area (Å²) in [7, 11) is 4.18. The van der Waals surface area contributed by atoms with E-state index in [0.717, 1.165) is 52.2 Å². The van der Waals surface area contributed by atoms with Crippen molar-refractivity contribution >= 4 is 5.97 Å². The molecule has 0 radical (unpaired) electrons. The molecule has 1 heterocycles. The quantitative estimate of drug-likeness (QED) is 0.625. The summed E-state index contributed by atoms with van der Waals surface area (Å²) in [6, 6.07) is 0. The molecule has 0 aromatic rings. The predicted molar refractivity (Wildman–Crippen MR) is 85.8 cm³/mol. The van der Waals surface area contributed by atoms with Gasteiger partial charge in [-0.05, 0) is 34.0 Å². The van der Waals surface area contributed by atoms with E-state index in [1.54, 1.807) is 6.92 Å². The molecule has 1 fully saturated rings. The van der Waals surface area contributed by atoms with Crippen molar-refractivity contribution in [1.29, 1.82) is 0 Å². The van der Waals surface area contributed by atoms with E-state index in [1.807, 2.05) is 0 Å². The molecule has 1 rings (SSSR count). The van der Waals surface area contributed by atoms with Gasteiger partial charge in [0.05, 0.1) is 0 Å². The van der Waals surface area contributed by atoms with Crippen molar-refractivity contribution in [3.63, 3.8) is 0 Å². The summed E-state index contributed by atoms with van der Waals surface area (Å²) in [4.78, 5) is 18.5. The summed E-state index contributed by atoms with van der Waals surface area (Å²) >= 11 is 0. The Morgan fingerprint density at radius 1 is 1.24 bits per heavy atom. The highest BCUT2D eigenvalue weighted by Gasteiger charge is 2.35. The third kappa shape index (κ3) is 6.30. The van der Waals surface area contributed by atoms with E-state index in [0.29, 0.717) is 6.54 Å². The molecular formula is C15H32N4O2. The average molecular weight is 300 g/mol. The SMILES string of the molecule is CCCNC(C)(CN1CCN(CCN(C)C)CC1)C(=O)O. The molecule has 2 N–H and O–H groups in total. The highest BCUT2D eigenvalue weighted by molar-refractivity contribution is 5.78. The third-order valence-corrected chi connectivity index (χ3v) is 4.11. The number of carboxylic acids is 1. The number of nitrogens with one attached hydrogen (secondary N) is 1. The van der Waals surface area contributed by atoms with Crippen LogP contribution >= 0.6 is 0 Å². The lowest BCUT2D eigenvalue weighted by atomic mass is 10.0. The van der Waals surface area contributed by atoms with Gasteiger partial charge in [0.1, 0.15) is 5.54 Å². The standard InChI is InChI=1S/C15H32N4O2/c1-5-6-16-15(2,14(20)21)13-19-11-9-18(10-12-19)8-7-17(3)4/h16H,5-13H2,1-4H3,(H,20,21). The largest absolute Gasteiger partial charge is 0.480 e. The van der Waals surface area contributed by atoms with Crippen LogP contribution in [0, 0.1) is 0 Å². The van der Waals surface area contributed by atoms with Crippen LogP contribution in [-0.4, -0.2) is 97.8 Å². The van der Waals surface area contributed by atoms with Gasteiger partial charge in [-0.1, -0.05) is 6.92 Å². The minimum atomic E-state index is -0.845. The van der Waals surface area contributed by atoms with Crippen molar-refractivity contribution in [2.24, 2.45) is 0 Å². The highest BCUT2D eigenvalue weighted by atomic mass is 16.4. The fraction of sp³-hybridized carbons (Fsp3) is 0.933. The number of piperazine rings is 1. The Hall–Kier alpha value is -0.690. The fourth-order valence-corrected chi connectivity index (χ4v) is 2.56. The first-order valence-corrected chi connectivity index (χ1v) is 7.95. The summed E-state index contributed by atoms with van der Waals surface area (Å²) in [5.41, 5.74) is -0.845. The smallest absolute Gasteiger partial charge is 0.324 e. The number of nitrogens with zero attached hydrogens (tertiary/aromatic N) is 3. The van der Waals surface area contributed by atoms with E-state index in [4.69, 9.17) is 0 Å². The van der Waals surface area contributed by atoms with Crippen LogP contribution in [0.4, 0.5) is 0 Å². The van der Waals surface area contributed by atoms with Gasteiger partial charge in [-0.2, -0.15) is 0 Å². The Morgan fingerprint density at radius 2 is 1.81 bits per heavy atom. The molecule has 1 aliphatic rings. The Bertz CT molecular complexity index is 317.